The molecule has 0 unspecified atom stereocenters. The molecule has 1 aliphatic carbocycles. The van der Waals surface area contributed by atoms with Crippen LogP contribution < -0.4 is 10.7 Å². The Morgan fingerprint density at radius 2 is 1.90 bits per heavy atom. The number of aromatic nitrogens is 1. The molecular weight excluding hydrogens is 400 g/mol. The fourth-order valence-electron chi connectivity index (χ4n) is 4.29. The van der Waals surface area contributed by atoms with Crippen molar-refractivity contribution in [2.45, 2.75) is 71.1 Å². The maximum Gasteiger partial charge on any atom is 0.257 e. The molecule has 1 aliphatic rings. The van der Waals surface area contributed by atoms with E-state index in [9.17, 15) is 9.59 Å². The van der Waals surface area contributed by atoms with E-state index in [2.05, 4.69) is 5.32 Å². The summed E-state index contributed by atoms with van der Waals surface area (Å²) in [6.07, 6.45) is 7.29. The fraction of sp³-hybridized carbons (Fsp3) is 0.500. The fourth-order valence-corrected chi connectivity index (χ4v) is 4.52. The van der Waals surface area contributed by atoms with E-state index in [1.807, 2.05) is 35.8 Å². The number of carbonyl (C=O) groups is 1. The van der Waals surface area contributed by atoms with Crippen molar-refractivity contribution in [3.05, 3.63) is 68.1 Å². The molecule has 1 saturated carbocycles. The summed E-state index contributed by atoms with van der Waals surface area (Å²) in [6, 6.07) is 9.41. The number of rotatable bonds is 7. The van der Waals surface area contributed by atoms with Crippen LogP contribution in [-0.4, -0.2) is 23.6 Å². The Balaban J connectivity index is 1.90. The third-order valence-corrected chi connectivity index (χ3v) is 6.26. The zero-order valence-electron chi connectivity index (χ0n) is 17.9. The molecule has 162 valence electrons. The van der Waals surface area contributed by atoms with Crippen molar-refractivity contribution in [1.82, 2.24) is 9.88 Å². The number of nitrogens with zero attached hydrogens (tertiary/aromatic N) is 1. The van der Waals surface area contributed by atoms with Crippen LogP contribution in [0, 0.1) is 6.92 Å². The number of aryl methyl sites for hydroxylation is 2. The Labute approximate surface area is 183 Å². The van der Waals surface area contributed by atoms with Gasteiger partial charge in [0.1, 0.15) is 5.56 Å². The predicted molar refractivity (Wildman–Crippen MR) is 120 cm³/mol. The number of hydrogen-bond donors (Lipinski definition) is 1. The van der Waals surface area contributed by atoms with E-state index in [0.29, 0.717) is 18.7 Å². The minimum Gasteiger partial charge on any atom is -0.378 e. The first-order valence-corrected chi connectivity index (χ1v) is 11.2. The first kappa shape index (κ1) is 22.6. The van der Waals surface area contributed by atoms with Crippen molar-refractivity contribution in [3.8, 4) is 0 Å². The number of ether oxygens (including phenoxy) is 1. The number of pyridine rings is 1. The van der Waals surface area contributed by atoms with E-state index < -0.39 is 0 Å². The monoisotopic (exact) mass is 430 g/mol. The molecule has 0 atom stereocenters. The highest BCUT2D eigenvalue weighted by Crippen LogP contribution is 2.20. The third kappa shape index (κ3) is 5.52. The van der Waals surface area contributed by atoms with Gasteiger partial charge in [-0.2, -0.15) is 0 Å². The second-order valence-corrected chi connectivity index (χ2v) is 8.47. The summed E-state index contributed by atoms with van der Waals surface area (Å²) < 4.78 is 7.40. The van der Waals surface area contributed by atoms with E-state index in [-0.39, 0.29) is 29.5 Å². The predicted octanol–water partition coefficient (Wildman–Crippen LogP) is 4.65. The summed E-state index contributed by atoms with van der Waals surface area (Å²) in [7, 11) is 1.58. The quantitative estimate of drug-likeness (QED) is 0.650. The lowest BCUT2D eigenvalue weighted by atomic mass is 10.1. The molecule has 0 saturated heterocycles. The smallest absolute Gasteiger partial charge is 0.257 e. The molecule has 6 heteroatoms. The van der Waals surface area contributed by atoms with Gasteiger partial charge in [-0.15, -0.1) is 0 Å². The summed E-state index contributed by atoms with van der Waals surface area (Å²) in [6.45, 7) is 2.70. The molecule has 5 nitrogen and oxygen atoms in total. The van der Waals surface area contributed by atoms with E-state index >= 15 is 0 Å². The van der Waals surface area contributed by atoms with Crippen LogP contribution in [0.2, 0.25) is 5.02 Å². The molecular formula is C24H31ClN2O3. The zero-order chi connectivity index (χ0) is 21.5. The van der Waals surface area contributed by atoms with E-state index in [4.69, 9.17) is 16.3 Å². The van der Waals surface area contributed by atoms with E-state index in [0.717, 1.165) is 42.0 Å². The number of nitrogens with one attached hydrogen (secondary N) is 1. The molecule has 1 fully saturated rings. The van der Waals surface area contributed by atoms with Crippen molar-refractivity contribution < 1.29 is 9.53 Å². The molecule has 1 aromatic heterocycles. The van der Waals surface area contributed by atoms with Crippen molar-refractivity contribution in [2.75, 3.05) is 7.11 Å². The first-order chi connectivity index (χ1) is 14.5. The lowest BCUT2D eigenvalue weighted by Gasteiger charge is -2.22. The molecule has 1 aromatic carbocycles. The summed E-state index contributed by atoms with van der Waals surface area (Å²) in [4.78, 5) is 25.9. The molecule has 2 aromatic rings. The highest BCUT2D eigenvalue weighted by atomic mass is 35.5. The van der Waals surface area contributed by atoms with Gasteiger partial charge in [0.2, 0.25) is 0 Å². The van der Waals surface area contributed by atoms with E-state index in [1.54, 1.807) is 13.2 Å². The highest BCUT2D eigenvalue weighted by molar-refractivity contribution is 6.31. The minimum atomic E-state index is -0.287. The number of carbonyl (C=O) groups excluding carboxylic acids is 1. The second kappa shape index (κ2) is 10.8. The van der Waals surface area contributed by atoms with Crippen LogP contribution in [0.1, 0.15) is 65.8 Å². The Morgan fingerprint density at radius 3 is 2.57 bits per heavy atom. The van der Waals surface area contributed by atoms with Crippen LogP contribution >= 0.6 is 11.6 Å². The number of methoxy groups -OCH3 is 1. The first-order valence-electron chi connectivity index (χ1n) is 10.8. The van der Waals surface area contributed by atoms with Gasteiger partial charge >= 0.3 is 0 Å². The summed E-state index contributed by atoms with van der Waals surface area (Å²) in [5, 5.41) is 3.83. The van der Waals surface area contributed by atoms with Crippen LogP contribution in [0.3, 0.4) is 0 Å². The van der Waals surface area contributed by atoms with Gasteiger partial charge in [-0.25, -0.2) is 0 Å². The summed E-state index contributed by atoms with van der Waals surface area (Å²) in [5.41, 5.74) is 2.42. The second-order valence-electron chi connectivity index (χ2n) is 8.06. The molecule has 0 spiro atoms. The SMILES string of the molecule is COCc1c(C(=O)NC2CCCCCC2)c(=O)cc(C)n1CCc1ccccc1Cl. The van der Waals surface area contributed by atoms with Crippen molar-refractivity contribution in [1.29, 1.82) is 0 Å². The average Bonchev–Trinajstić information content (AvgIpc) is 2.97. The number of benzene rings is 1. The molecule has 1 N–H and O–H groups in total. The van der Waals surface area contributed by atoms with Gasteiger partial charge in [0.15, 0.2) is 5.43 Å². The largest absolute Gasteiger partial charge is 0.378 e. The Bertz CT molecular complexity index is 931. The number of halogens is 1. The van der Waals surface area contributed by atoms with Gasteiger partial charge in [0, 0.05) is 36.5 Å². The standard InChI is InChI=1S/C24H31ClN2O3/c1-17-15-22(28)23(24(29)26-19-10-5-3-4-6-11-19)21(16-30-2)27(17)14-13-18-9-7-8-12-20(18)25/h7-9,12,15,19H,3-6,10-11,13-14,16H2,1-2H3,(H,26,29). The molecule has 0 bridgehead atoms. The maximum absolute atomic E-state index is 13.1. The topological polar surface area (TPSA) is 60.3 Å². The van der Waals surface area contributed by atoms with Crippen molar-refractivity contribution in [2.24, 2.45) is 0 Å². The maximum atomic E-state index is 13.1. The van der Waals surface area contributed by atoms with Gasteiger partial charge in [0.05, 0.1) is 12.3 Å². The Hall–Kier alpha value is -2.11. The van der Waals surface area contributed by atoms with Crippen molar-refractivity contribution in [3.63, 3.8) is 0 Å². The van der Waals surface area contributed by atoms with Crippen LogP contribution in [0.25, 0.3) is 0 Å². The minimum absolute atomic E-state index is 0.132. The van der Waals surface area contributed by atoms with Crippen LogP contribution in [0.5, 0.6) is 0 Å². The van der Waals surface area contributed by atoms with Gasteiger partial charge in [-0.05, 0) is 37.8 Å². The van der Waals surface area contributed by atoms with Gasteiger partial charge in [-0.1, -0.05) is 55.5 Å². The van der Waals surface area contributed by atoms with Crippen molar-refractivity contribution >= 4 is 17.5 Å². The lowest BCUT2D eigenvalue weighted by Crippen LogP contribution is -2.39. The zero-order valence-corrected chi connectivity index (χ0v) is 18.6. The number of hydrogen-bond acceptors (Lipinski definition) is 3. The summed E-state index contributed by atoms with van der Waals surface area (Å²) >= 11 is 6.31. The molecule has 0 radical (unpaired) electrons. The van der Waals surface area contributed by atoms with Gasteiger partial charge in [-0.3, -0.25) is 9.59 Å². The summed E-state index contributed by atoms with van der Waals surface area (Å²) in [5.74, 6) is -0.287. The third-order valence-electron chi connectivity index (χ3n) is 5.89. The molecule has 0 aliphatic heterocycles. The molecule has 30 heavy (non-hydrogen) atoms. The Kier molecular flexibility index (Phi) is 8.11. The highest BCUT2D eigenvalue weighted by Gasteiger charge is 2.23. The van der Waals surface area contributed by atoms with Crippen LogP contribution in [0.4, 0.5) is 0 Å². The van der Waals surface area contributed by atoms with Gasteiger partial charge in [0.25, 0.3) is 5.91 Å². The molecule has 3 rings (SSSR count). The van der Waals surface area contributed by atoms with Crippen LogP contribution in [0.15, 0.2) is 35.1 Å². The average molecular weight is 431 g/mol. The number of amides is 1. The Morgan fingerprint density at radius 1 is 1.20 bits per heavy atom. The lowest BCUT2D eigenvalue weighted by molar-refractivity contribution is 0.0924. The molecule has 1 heterocycles. The van der Waals surface area contributed by atoms with Gasteiger partial charge < -0.3 is 14.6 Å². The van der Waals surface area contributed by atoms with E-state index in [1.165, 1.54) is 12.8 Å². The normalized spacial score (nSPS) is 15.0. The molecule has 1 amide bonds. The van der Waals surface area contributed by atoms with Crippen LogP contribution in [-0.2, 0) is 24.3 Å².